The molecular weight excluding hydrogens is 354 g/mol. The van der Waals surface area contributed by atoms with Crippen LogP contribution in [-0.2, 0) is 17.6 Å². The number of nitrogens with zero attached hydrogens (tertiary/aromatic N) is 4. The normalized spacial score (nSPS) is 16.9. The third-order valence-corrected chi connectivity index (χ3v) is 5.80. The van der Waals surface area contributed by atoms with Crippen LogP contribution in [0.5, 0.6) is 0 Å². The van der Waals surface area contributed by atoms with E-state index in [1.165, 1.54) is 16.9 Å². The van der Waals surface area contributed by atoms with Crippen molar-refractivity contribution in [3.8, 4) is 0 Å². The van der Waals surface area contributed by atoms with Gasteiger partial charge < -0.3 is 15.2 Å². The summed E-state index contributed by atoms with van der Waals surface area (Å²) in [6.45, 7) is 3.17. The Morgan fingerprint density at radius 1 is 1.50 bits per heavy atom. The molecule has 8 nitrogen and oxygen atoms in total. The summed E-state index contributed by atoms with van der Waals surface area (Å²) >= 11 is 1.73. The lowest BCUT2D eigenvalue weighted by Crippen LogP contribution is -2.28. The lowest BCUT2D eigenvalue weighted by atomic mass is 9.89. The van der Waals surface area contributed by atoms with E-state index in [2.05, 4.69) is 27.3 Å². The zero-order valence-electron chi connectivity index (χ0n) is 14.6. The fourth-order valence-electron chi connectivity index (χ4n) is 3.33. The van der Waals surface area contributed by atoms with E-state index in [1.807, 2.05) is 0 Å². The van der Waals surface area contributed by atoms with Crippen molar-refractivity contribution in [2.75, 3.05) is 26.4 Å². The van der Waals surface area contributed by atoms with Crippen LogP contribution in [0.15, 0.2) is 6.33 Å². The van der Waals surface area contributed by atoms with Crippen LogP contribution in [0.2, 0.25) is 0 Å². The monoisotopic (exact) mass is 375 g/mol. The summed E-state index contributed by atoms with van der Waals surface area (Å²) in [4.78, 5) is 23.6. The first-order chi connectivity index (χ1) is 12.7. The summed E-state index contributed by atoms with van der Waals surface area (Å²) in [5.74, 6) is 0.433. The van der Waals surface area contributed by atoms with E-state index in [0.29, 0.717) is 24.7 Å². The molecule has 1 atom stereocenters. The molecule has 0 bridgehead atoms. The molecule has 26 heavy (non-hydrogen) atoms. The van der Waals surface area contributed by atoms with Crippen LogP contribution in [0, 0.1) is 5.92 Å². The molecule has 3 heterocycles. The average Bonchev–Trinajstić information content (AvgIpc) is 3.21. The molecule has 1 aliphatic carbocycles. The first-order valence-electron chi connectivity index (χ1n) is 8.79. The van der Waals surface area contributed by atoms with Crippen LogP contribution in [0.1, 0.15) is 34.4 Å². The second-order valence-corrected chi connectivity index (χ2v) is 7.66. The molecule has 2 N–H and O–H groups in total. The Morgan fingerprint density at radius 3 is 3.23 bits per heavy atom. The molecular formula is C17H21N5O3S. The number of carbonyl (C=O) groups is 1. The smallest absolute Gasteiger partial charge is 0.291 e. The molecule has 1 aliphatic rings. The largest absolute Gasteiger partial charge is 0.394 e. The van der Waals surface area contributed by atoms with Gasteiger partial charge in [0.25, 0.3) is 5.91 Å². The van der Waals surface area contributed by atoms with Crippen molar-refractivity contribution in [2.45, 2.75) is 26.2 Å². The van der Waals surface area contributed by atoms with Crippen molar-refractivity contribution in [3.05, 3.63) is 22.6 Å². The summed E-state index contributed by atoms with van der Waals surface area (Å²) in [6, 6.07) is 0. The predicted molar refractivity (Wildman–Crippen MR) is 97.6 cm³/mol. The van der Waals surface area contributed by atoms with Gasteiger partial charge in [-0.25, -0.2) is 14.5 Å². The predicted octanol–water partition coefficient (Wildman–Crippen LogP) is 1.20. The maximum absolute atomic E-state index is 12.3. The van der Waals surface area contributed by atoms with E-state index in [0.717, 1.165) is 23.1 Å². The van der Waals surface area contributed by atoms with Crippen molar-refractivity contribution in [2.24, 2.45) is 5.92 Å². The Balaban J connectivity index is 1.61. The number of rotatable bonds is 6. The highest BCUT2D eigenvalue weighted by atomic mass is 32.1. The number of aromatic nitrogens is 4. The fraction of sp³-hybridized carbons (Fsp3) is 0.529. The minimum absolute atomic E-state index is 0.0332. The summed E-state index contributed by atoms with van der Waals surface area (Å²) in [7, 11) is 0. The number of aliphatic hydroxyl groups excluding tert-OH is 1. The van der Waals surface area contributed by atoms with Gasteiger partial charge in [0.15, 0.2) is 5.65 Å². The van der Waals surface area contributed by atoms with Gasteiger partial charge in [-0.2, -0.15) is 0 Å². The Kier molecular flexibility index (Phi) is 4.84. The molecule has 1 amide bonds. The minimum Gasteiger partial charge on any atom is -0.394 e. The zero-order chi connectivity index (χ0) is 18.1. The molecule has 0 unspecified atom stereocenters. The SMILES string of the molecule is C[C@H]1CCc2sc3ncn4nc(C(=O)NCCOCCO)nc4c3c2C1. The Hall–Kier alpha value is -2.10. The van der Waals surface area contributed by atoms with Gasteiger partial charge in [0.1, 0.15) is 11.2 Å². The molecule has 138 valence electrons. The van der Waals surface area contributed by atoms with E-state index in [9.17, 15) is 4.79 Å². The van der Waals surface area contributed by atoms with Gasteiger partial charge in [0.2, 0.25) is 5.82 Å². The van der Waals surface area contributed by atoms with Gasteiger partial charge in [-0.1, -0.05) is 6.92 Å². The van der Waals surface area contributed by atoms with Crippen LogP contribution >= 0.6 is 11.3 Å². The van der Waals surface area contributed by atoms with Gasteiger partial charge in [-0.3, -0.25) is 4.79 Å². The van der Waals surface area contributed by atoms with E-state index in [1.54, 1.807) is 22.2 Å². The van der Waals surface area contributed by atoms with Crippen LogP contribution < -0.4 is 5.32 Å². The number of nitrogens with one attached hydrogen (secondary N) is 1. The van der Waals surface area contributed by atoms with Crippen LogP contribution in [0.3, 0.4) is 0 Å². The molecule has 3 aromatic heterocycles. The Bertz CT molecular complexity index is 951. The third-order valence-electron chi connectivity index (χ3n) is 4.60. The number of amides is 1. The van der Waals surface area contributed by atoms with Gasteiger partial charge in [-0.05, 0) is 30.7 Å². The van der Waals surface area contributed by atoms with Crippen molar-refractivity contribution in [3.63, 3.8) is 0 Å². The van der Waals surface area contributed by atoms with Gasteiger partial charge in [-0.15, -0.1) is 16.4 Å². The molecule has 9 heteroatoms. The first-order valence-corrected chi connectivity index (χ1v) is 9.61. The number of fused-ring (bicyclic) bond motifs is 5. The van der Waals surface area contributed by atoms with Crippen molar-refractivity contribution in [1.82, 2.24) is 24.9 Å². The zero-order valence-corrected chi connectivity index (χ0v) is 15.4. The van der Waals surface area contributed by atoms with Gasteiger partial charge in [0.05, 0.1) is 25.2 Å². The van der Waals surface area contributed by atoms with Crippen LogP contribution in [0.4, 0.5) is 0 Å². The maximum Gasteiger partial charge on any atom is 0.291 e. The molecule has 0 radical (unpaired) electrons. The highest BCUT2D eigenvalue weighted by Crippen LogP contribution is 2.38. The molecule has 0 fully saturated rings. The molecule has 0 saturated carbocycles. The van der Waals surface area contributed by atoms with E-state index in [-0.39, 0.29) is 24.9 Å². The minimum atomic E-state index is -0.341. The number of hydrogen-bond acceptors (Lipinski definition) is 7. The number of aliphatic hydroxyl groups is 1. The highest BCUT2D eigenvalue weighted by molar-refractivity contribution is 7.19. The molecule has 3 aromatic rings. The third kappa shape index (κ3) is 3.17. The standard InChI is InChI=1S/C17H21N5O3S/c1-10-2-3-12-11(8-10)13-15-20-14(16(24)18-4-6-25-7-5-23)21-22(15)9-19-17(13)26-12/h9-10,23H,2-8H2,1H3,(H,18,24)/t10-/m0/s1. The quantitative estimate of drug-likeness (QED) is 0.628. The maximum atomic E-state index is 12.3. The number of hydrogen-bond donors (Lipinski definition) is 2. The van der Waals surface area contributed by atoms with E-state index < -0.39 is 0 Å². The second-order valence-electron chi connectivity index (χ2n) is 6.57. The number of aryl methyl sites for hydroxylation is 1. The molecule has 0 aromatic carbocycles. The number of ether oxygens (including phenoxy) is 1. The number of thiophene rings is 1. The van der Waals surface area contributed by atoms with Crippen molar-refractivity contribution < 1.29 is 14.6 Å². The number of carbonyl (C=O) groups excluding carboxylic acids is 1. The fourth-order valence-corrected chi connectivity index (χ4v) is 4.50. The molecule has 0 saturated heterocycles. The summed E-state index contributed by atoms with van der Waals surface area (Å²) < 4.78 is 6.72. The van der Waals surface area contributed by atoms with Crippen molar-refractivity contribution in [1.29, 1.82) is 0 Å². The Labute approximate surface area is 154 Å². The van der Waals surface area contributed by atoms with Gasteiger partial charge in [0, 0.05) is 11.4 Å². The molecule has 4 rings (SSSR count). The van der Waals surface area contributed by atoms with Crippen LogP contribution in [-0.4, -0.2) is 57.0 Å². The lowest BCUT2D eigenvalue weighted by molar-refractivity contribution is 0.0832. The summed E-state index contributed by atoms with van der Waals surface area (Å²) in [5.41, 5.74) is 2.02. The highest BCUT2D eigenvalue weighted by Gasteiger charge is 2.24. The summed E-state index contributed by atoms with van der Waals surface area (Å²) in [6.07, 6.45) is 4.93. The van der Waals surface area contributed by atoms with Crippen LogP contribution in [0.25, 0.3) is 15.9 Å². The van der Waals surface area contributed by atoms with E-state index in [4.69, 9.17) is 9.84 Å². The van der Waals surface area contributed by atoms with E-state index >= 15 is 0 Å². The Morgan fingerprint density at radius 2 is 2.38 bits per heavy atom. The van der Waals surface area contributed by atoms with Gasteiger partial charge >= 0.3 is 0 Å². The van der Waals surface area contributed by atoms with Crippen molar-refractivity contribution >= 4 is 33.1 Å². The lowest BCUT2D eigenvalue weighted by Gasteiger charge is -2.17. The second kappa shape index (κ2) is 7.26. The topological polar surface area (TPSA) is 102 Å². The summed E-state index contributed by atoms with van der Waals surface area (Å²) in [5, 5.41) is 16.7. The molecule has 0 spiro atoms. The average molecular weight is 375 g/mol. The molecule has 0 aliphatic heterocycles. The first kappa shape index (κ1) is 17.3.